The number of nitrogens with zero attached hydrogens (tertiary/aromatic N) is 3. The number of anilines is 1. The second-order valence-corrected chi connectivity index (χ2v) is 9.15. The molecule has 0 atom stereocenters. The minimum Gasteiger partial charge on any atom is -0.480 e. The summed E-state index contributed by atoms with van der Waals surface area (Å²) in [6.07, 6.45) is 9.67. The van der Waals surface area contributed by atoms with Crippen molar-refractivity contribution in [2.24, 2.45) is 5.92 Å². The van der Waals surface area contributed by atoms with Gasteiger partial charge in [-0.15, -0.1) is 5.10 Å². The van der Waals surface area contributed by atoms with Crippen molar-refractivity contribution in [1.29, 1.82) is 0 Å². The molecule has 1 aliphatic carbocycles. The zero-order valence-electron chi connectivity index (χ0n) is 19.1. The molecule has 1 aromatic carbocycles. The summed E-state index contributed by atoms with van der Waals surface area (Å²) in [6, 6.07) is 5.18. The first kappa shape index (κ1) is 23.2. The molecule has 0 spiro atoms. The molecule has 0 unspecified atom stereocenters. The number of piperidine rings is 1. The van der Waals surface area contributed by atoms with E-state index in [0.29, 0.717) is 22.2 Å². The number of halogens is 1. The van der Waals surface area contributed by atoms with Crippen molar-refractivity contribution in [2.45, 2.75) is 45.4 Å². The van der Waals surface area contributed by atoms with Crippen molar-refractivity contribution in [1.82, 2.24) is 15.1 Å². The van der Waals surface area contributed by atoms with Gasteiger partial charge < -0.3 is 15.0 Å². The molecule has 7 nitrogen and oxygen atoms in total. The van der Waals surface area contributed by atoms with E-state index in [9.17, 15) is 9.59 Å². The summed E-state index contributed by atoms with van der Waals surface area (Å²) >= 11 is 6.38. The Hall–Kier alpha value is -2.93. The van der Waals surface area contributed by atoms with Crippen molar-refractivity contribution in [3.05, 3.63) is 51.7 Å². The van der Waals surface area contributed by atoms with Crippen LogP contribution in [0.2, 0.25) is 5.02 Å². The largest absolute Gasteiger partial charge is 0.480 e. The van der Waals surface area contributed by atoms with Crippen LogP contribution in [0.1, 0.15) is 60.0 Å². The molecule has 4 rings (SSSR count). The van der Waals surface area contributed by atoms with Crippen LogP contribution in [-0.4, -0.2) is 47.1 Å². The Kier molecular flexibility index (Phi) is 7.28. The SMILES string of the molecule is COc1cc(C(=O)Nc2cc(Cl)cc(C=C3CCN(C(=O)C4CCCC4)CC3)c2C)cnn1. The molecule has 2 heterocycles. The number of ether oxygens (including phenoxy) is 1. The normalized spacial score (nSPS) is 16.6. The van der Waals surface area contributed by atoms with Gasteiger partial charge in [0.2, 0.25) is 11.8 Å². The number of hydrogen-bond donors (Lipinski definition) is 1. The van der Waals surface area contributed by atoms with Gasteiger partial charge in [-0.25, -0.2) is 0 Å². The van der Waals surface area contributed by atoms with Gasteiger partial charge in [0.15, 0.2) is 0 Å². The maximum atomic E-state index is 12.7. The molecule has 1 aromatic heterocycles. The summed E-state index contributed by atoms with van der Waals surface area (Å²) in [4.78, 5) is 27.5. The van der Waals surface area contributed by atoms with E-state index in [2.05, 4.69) is 21.6 Å². The number of aromatic nitrogens is 2. The van der Waals surface area contributed by atoms with Gasteiger partial charge in [-0.1, -0.05) is 36.1 Å². The third-order valence-electron chi connectivity index (χ3n) is 6.55. The number of carbonyl (C=O) groups excluding carboxylic acids is 2. The fraction of sp³-hybridized carbons (Fsp3) is 0.440. The number of nitrogens with one attached hydrogen (secondary N) is 1. The van der Waals surface area contributed by atoms with E-state index in [4.69, 9.17) is 16.3 Å². The molecule has 0 radical (unpaired) electrons. The number of benzene rings is 1. The lowest BCUT2D eigenvalue weighted by Crippen LogP contribution is -2.39. The van der Waals surface area contributed by atoms with Crippen molar-refractivity contribution in [3.8, 4) is 5.88 Å². The van der Waals surface area contributed by atoms with Crippen LogP contribution in [0.4, 0.5) is 5.69 Å². The number of rotatable bonds is 5. The van der Waals surface area contributed by atoms with Crippen LogP contribution in [0, 0.1) is 12.8 Å². The molecular weight excluding hydrogens is 440 g/mol. The highest BCUT2D eigenvalue weighted by Gasteiger charge is 2.28. The summed E-state index contributed by atoms with van der Waals surface area (Å²) in [5, 5.41) is 11.1. The first-order valence-corrected chi connectivity index (χ1v) is 11.8. The van der Waals surface area contributed by atoms with Crippen LogP contribution < -0.4 is 10.1 Å². The third kappa shape index (κ3) is 5.53. The molecule has 1 aliphatic heterocycles. The highest BCUT2D eigenvalue weighted by atomic mass is 35.5. The van der Waals surface area contributed by atoms with Crippen molar-refractivity contribution in [3.63, 3.8) is 0 Å². The van der Waals surface area contributed by atoms with Crippen LogP contribution in [0.25, 0.3) is 6.08 Å². The average molecular weight is 469 g/mol. The van der Waals surface area contributed by atoms with Crippen LogP contribution in [0.15, 0.2) is 30.0 Å². The van der Waals surface area contributed by atoms with E-state index in [1.54, 1.807) is 6.07 Å². The van der Waals surface area contributed by atoms with Crippen LogP contribution in [-0.2, 0) is 4.79 Å². The number of hydrogen-bond acceptors (Lipinski definition) is 5. The van der Waals surface area contributed by atoms with Crippen molar-refractivity contribution < 1.29 is 14.3 Å². The molecule has 1 saturated carbocycles. The zero-order valence-corrected chi connectivity index (χ0v) is 19.8. The monoisotopic (exact) mass is 468 g/mol. The van der Waals surface area contributed by atoms with Crippen LogP contribution in [0.5, 0.6) is 5.88 Å². The Morgan fingerprint density at radius 1 is 1.18 bits per heavy atom. The lowest BCUT2D eigenvalue weighted by Gasteiger charge is -2.30. The fourth-order valence-corrected chi connectivity index (χ4v) is 4.78. The van der Waals surface area contributed by atoms with Gasteiger partial charge in [0.05, 0.1) is 18.9 Å². The number of amides is 2. The fourth-order valence-electron chi connectivity index (χ4n) is 4.55. The highest BCUT2D eigenvalue weighted by molar-refractivity contribution is 6.31. The predicted molar refractivity (Wildman–Crippen MR) is 128 cm³/mol. The molecule has 0 bridgehead atoms. The van der Waals surface area contributed by atoms with Gasteiger partial charge in [0.1, 0.15) is 0 Å². The van der Waals surface area contributed by atoms with Gasteiger partial charge >= 0.3 is 0 Å². The minimum atomic E-state index is -0.314. The smallest absolute Gasteiger partial charge is 0.257 e. The van der Waals surface area contributed by atoms with Crippen LogP contribution in [0.3, 0.4) is 0 Å². The van der Waals surface area contributed by atoms with Gasteiger partial charge in [0, 0.05) is 35.8 Å². The topological polar surface area (TPSA) is 84.4 Å². The van der Waals surface area contributed by atoms with E-state index >= 15 is 0 Å². The summed E-state index contributed by atoms with van der Waals surface area (Å²) in [7, 11) is 1.47. The Balaban J connectivity index is 1.46. The zero-order chi connectivity index (χ0) is 23.4. The van der Waals surface area contributed by atoms with E-state index in [1.165, 1.54) is 37.8 Å². The average Bonchev–Trinajstić information content (AvgIpc) is 3.37. The molecule has 2 fully saturated rings. The molecule has 2 aliphatic rings. The highest BCUT2D eigenvalue weighted by Crippen LogP contribution is 2.31. The van der Waals surface area contributed by atoms with E-state index in [1.807, 2.05) is 17.9 Å². The Morgan fingerprint density at radius 2 is 1.91 bits per heavy atom. The summed E-state index contributed by atoms with van der Waals surface area (Å²) < 4.78 is 5.05. The molecule has 1 N–H and O–H groups in total. The third-order valence-corrected chi connectivity index (χ3v) is 6.76. The van der Waals surface area contributed by atoms with Gasteiger partial charge in [-0.3, -0.25) is 9.59 Å². The minimum absolute atomic E-state index is 0.229. The van der Waals surface area contributed by atoms with Crippen molar-refractivity contribution >= 4 is 35.2 Å². The molecule has 1 saturated heterocycles. The molecule has 2 amide bonds. The standard InChI is InChI=1S/C25H29ClN4O3/c1-16-19(11-17-7-9-30(10-8-17)25(32)18-5-3-4-6-18)12-21(26)14-22(16)28-24(31)20-13-23(33-2)29-27-15-20/h11-15,18H,3-10H2,1-2H3,(H,28,31). The van der Waals surface area contributed by atoms with E-state index < -0.39 is 0 Å². The second-order valence-electron chi connectivity index (χ2n) is 8.72. The molecule has 33 heavy (non-hydrogen) atoms. The maximum Gasteiger partial charge on any atom is 0.257 e. The first-order chi connectivity index (χ1) is 15.9. The Bertz CT molecular complexity index is 1070. The number of methoxy groups -OCH3 is 1. The number of carbonyl (C=O) groups is 2. The number of likely N-dealkylation sites (tertiary alicyclic amines) is 1. The lowest BCUT2D eigenvalue weighted by molar-refractivity contribution is -0.135. The quantitative estimate of drug-likeness (QED) is 0.674. The van der Waals surface area contributed by atoms with Crippen molar-refractivity contribution in [2.75, 3.05) is 25.5 Å². The maximum absolute atomic E-state index is 12.7. The molecule has 8 heteroatoms. The lowest BCUT2D eigenvalue weighted by atomic mass is 9.96. The van der Waals surface area contributed by atoms with Gasteiger partial charge in [-0.2, -0.15) is 5.10 Å². The molecule has 2 aromatic rings. The Labute approximate surface area is 199 Å². The summed E-state index contributed by atoms with van der Waals surface area (Å²) in [6.45, 7) is 3.49. The van der Waals surface area contributed by atoms with Crippen LogP contribution >= 0.6 is 11.6 Å². The predicted octanol–water partition coefficient (Wildman–Crippen LogP) is 4.90. The van der Waals surface area contributed by atoms with Gasteiger partial charge in [0.25, 0.3) is 5.91 Å². The van der Waals surface area contributed by atoms with Gasteiger partial charge in [-0.05, 0) is 55.9 Å². The second kappa shape index (κ2) is 10.3. The molecular formula is C25H29ClN4O3. The Morgan fingerprint density at radius 3 is 2.61 bits per heavy atom. The summed E-state index contributed by atoms with van der Waals surface area (Å²) in [5.41, 5.74) is 4.17. The molecule has 174 valence electrons. The van der Waals surface area contributed by atoms with E-state index in [0.717, 1.165) is 49.9 Å². The van der Waals surface area contributed by atoms with E-state index in [-0.39, 0.29) is 17.7 Å². The summed E-state index contributed by atoms with van der Waals surface area (Å²) in [5.74, 6) is 0.518. The first-order valence-electron chi connectivity index (χ1n) is 11.4.